The van der Waals surface area contributed by atoms with Gasteiger partial charge in [0, 0.05) is 6.07 Å². The van der Waals surface area contributed by atoms with Gasteiger partial charge in [-0.3, -0.25) is 25.7 Å². The molecule has 0 spiro atoms. The van der Waals surface area contributed by atoms with Crippen molar-refractivity contribution >= 4 is 29.2 Å². The number of nitrogens with one attached hydrogen (secondary N) is 1. The molecule has 0 radical (unpaired) electrons. The van der Waals surface area contributed by atoms with Gasteiger partial charge >= 0.3 is 11.7 Å². The molecule has 0 amide bonds. The molecule has 13 nitrogen and oxygen atoms in total. The molecule has 0 atom stereocenters. The monoisotopic (exact) mass is 470 g/mol. The zero-order valence-electron chi connectivity index (χ0n) is 17.7. The summed E-state index contributed by atoms with van der Waals surface area (Å²) in [4.78, 5) is 31.5. The lowest BCUT2D eigenvalue weighted by Gasteiger charge is -2.11. The number of carboxylic acids is 1. The molecule has 0 aliphatic heterocycles. The summed E-state index contributed by atoms with van der Waals surface area (Å²) in [7, 11) is 0. The summed E-state index contributed by atoms with van der Waals surface area (Å²) in [6.45, 7) is 2.10. The van der Waals surface area contributed by atoms with Gasteiger partial charge in [0.15, 0.2) is 11.5 Å². The summed E-state index contributed by atoms with van der Waals surface area (Å²) < 4.78 is 16.4. The summed E-state index contributed by atoms with van der Waals surface area (Å²) in [5, 5.41) is 34.9. The van der Waals surface area contributed by atoms with Crippen molar-refractivity contribution in [1.82, 2.24) is 0 Å². The number of hydrogen-bond acceptors (Lipinski definition) is 10. The molecular formula is C21H18N4O9. The number of anilines is 1. The number of carboxylic acid groups (broad SMARTS) is 1. The Hall–Kier alpha value is -4.94. The van der Waals surface area contributed by atoms with Crippen LogP contribution in [-0.2, 0) is 6.61 Å². The second kappa shape index (κ2) is 10.6. The molecule has 2 aromatic carbocycles. The van der Waals surface area contributed by atoms with Gasteiger partial charge in [0.2, 0.25) is 5.76 Å². The summed E-state index contributed by atoms with van der Waals surface area (Å²) in [5.41, 5.74) is 2.16. The van der Waals surface area contributed by atoms with Gasteiger partial charge in [-0.1, -0.05) is 0 Å². The third-order valence-corrected chi connectivity index (χ3v) is 4.30. The van der Waals surface area contributed by atoms with Gasteiger partial charge < -0.3 is 19.0 Å². The number of ether oxygens (including phenoxy) is 2. The third kappa shape index (κ3) is 5.85. The maximum atomic E-state index is 11.2. The lowest BCUT2D eigenvalue weighted by molar-refractivity contribution is -0.393. The summed E-state index contributed by atoms with van der Waals surface area (Å²) >= 11 is 0. The fraction of sp³-hybridized carbons (Fsp3) is 0.143. The SMILES string of the molecule is CCOc1cc(C=NNc2ccc([N+](=O)[O-])cc2[N+](=O)[O-])ccc1OCc1ccc(C(=O)O)o1. The number of hydrogen-bond donors (Lipinski definition) is 2. The highest BCUT2D eigenvalue weighted by Gasteiger charge is 2.19. The minimum absolute atomic E-state index is 0.0176. The molecule has 0 unspecified atom stereocenters. The smallest absolute Gasteiger partial charge is 0.371 e. The van der Waals surface area contributed by atoms with Gasteiger partial charge in [-0.15, -0.1) is 0 Å². The normalized spacial score (nSPS) is 10.7. The number of nitro benzene ring substituents is 2. The van der Waals surface area contributed by atoms with Crippen molar-refractivity contribution in [2.75, 3.05) is 12.0 Å². The van der Waals surface area contributed by atoms with Crippen LogP contribution >= 0.6 is 0 Å². The number of nitrogens with zero attached hydrogens (tertiary/aromatic N) is 3. The van der Waals surface area contributed by atoms with Crippen LogP contribution in [0.3, 0.4) is 0 Å². The number of carbonyl (C=O) groups is 1. The molecule has 0 saturated heterocycles. The number of furan rings is 1. The van der Waals surface area contributed by atoms with Crippen molar-refractivity contribution < 1.29 is 33.6 Å². The highest BCUT2D eigenvalue weighted by Crippen LogP contribution is 2.30. The van der Waals surface area contributed by atoms with Crippen LogP contribution in [0.4, 0.5) is 17.1 Å². The summed E-state index contributed by atoms with van der Waals surface area (Å²) in [6.07, 6.45) is 1.38. The molecule has 176 valence electrons. The number of benzene rings is 2. The van der Waals surface area contributed by atoms with Crippen molar-refractivity contribution in [1.29, 1.82) is 0 Å². The quantitative estimate of drug-likeness (QED) is 0.234. The first kappa shape index (κ1) is 23.7. The van der Waals surface area contributed by atoms with Crippen LogP contribution in [0.5, 0.6) is 11.5 Å². The molecule has 0 aliphatic carbocycles. The van der Waals surface area contributed by atoms with Crippen LogP contribution in [0.2, 0.25) is 0 Å². The van der Waals surface area contributed by atoms with E-state index in [1.165, 1.54) is 24.4 Å². The Bertz CT molecular complexity index is 1250. The molecule has 0 aliphatic rings. The summed E-state index contributed by atoms with van der Waals surface area (Å²) in [6, 6.07) is 10.9. The average molecular weight is 470 g/mol. The summed E-state index contributed by atoms with van der Waals surface area (Å²) in [5.74, 6) is -0.295. The van der Waals surface area contributed by atoms with Crippen molar-refractivity contribution in [2.45, 2.75) is 13.5 Å². The van der Waals surface area contributed by atoms with Crippen LogP contribution < -0.4 is 14.9 Å². The molecule has 34 heavy (non-hydrogen) atoms. The molecule has 1 aromatic heterocycles. The average Bonchev–Trinajstić information content (AvgIpc) is 3.28. The van der Waals surface area contributed by atoms with Crippen LogP contribution in [0.1, 0.15) is 28.8 Å². The van der Waals surface area contributed by atoms with Crippen molar-refractivity contribution in [2.24, 2.45) is 5.10 Å². The Kier molecular flexibility index (Phi) is 7.38. The maximum absolute atomic E-state index is 11.2. The molecule has 0 bridgehead atoms. The van der Waals surface area contributed by atoms with E-state index < -0.39 is 27.2 Å². The zero-order chi connectivity index (χ0) is 24.7. The molecule has 2 N–H and O–H groups in total. The Balaban J connectivity index is 1.72. The van der Waals surface area contributed by atoms with E-state index in [2.05, 4.69) is 10.5 Å². The molecule has 1 heterocycles. The van der Waals surface area contributed by atoms with Gasteiger partial charge in [0.05, 0.1) is 28.7 Å². The van der Waals surface area contributed by atoms with Gasteiger partial charge in [-0.2, -0.15) is 5.10 Å². The van der Waals surface area contributed by atoms with Crippen molar-refractivity contribution in [3.8, 4) is 11.5 Å². The first-order valence-corrected chi connectivity index (χ1v) is 9.72. The Morgan fingerprint density at radius 1 is 1.09 bits per heavy atom. The lowest BCUT2D eigenvalue weighted by Crippen LogP contribution is -2.01. The highest BCUT2D eigenvalue weighted by atomic mass is 16.6. The second-order valence-electron chi connectivity index (χ2n) is 6.58. The fourth-order valence-corrected chi connectivity index (χ4v) is 2.77. The zero-order valence-corrected chi connectivity index (χ0v) is 17.7. The van der Waals surface area contributed by atoms with Crippen LogP contribution in [-0.4, -0.2) is 33.7 Å². The number of hydrazone groups is 1. The Labute approximate surface area is 191 Å². The minimum Gasteiger partial charge on any atom is -0.490 e. The van der Waals surface area contributed by atoms with E-state index in [1.54, 1.807) is 25.1 Å². The molecule has 3 rings (SSSR count). The highest BCUT2D eigenvalue weighted by molar-refractivity contribution is 5.84. The van der Waals surface area contributed by atoms with Crippen LogP contribution in [0.25, 0.3) is 0 Å². The predicted octanol–water partition coefficient (Wildman–Crippen LogP) is 4.22. The molecule has 0 fully saturated rings. The number of nitro groups is 2. The maximum Gasteiger partial charge on any atom is 0.371 e. The number of rotatable bonds is 11. The van der Waals surface area contributed by atoms with Crippen LogP contribution in [0, 0.1) is 20.2 Å². The topological polar surface area (TPSA) is 180 Å². The lowest BCUT2D eigenvalue weighted by atomic mass is 10.2. The van der Waals surface area contributed by atoms with Crippen molar-refractivity contribution in [3.63, 3.8) is 0 Å². The van der Waals surface area contributed by atoms with E-state index in [9.17, 15) is 25.0 Å². The second-order valence-corrected chi connectivity index (χ2v) is 6.58. The Morgan fingerprint density at radius 2 is 1.88 bits per heavy atom. The van der Waals surface area contributed by atoms with E-state index in [4.69, 9.17) is 19.0 Å². The van der Waals surface area contributed by atoms with E-state index >= 15 is 0 Å². The fourth-order valence-electron chi connectivity index (χ4n) is 2.77. The predicted molar refractivity (Wildman–Crippen MR) is 119 cm³/mol. The van der Waals surface area contributed by atoms with Gasteiger partial charge in [-0.05, 0) is 48.9 Å². The Morgan fingerprint density at radius 3 is 2.53 bits per heavy atom. The van der Waals surface area contributed by atoms with Gasteiger partial charge in [0.1, 0.15) is 18.1 Å². The van der Waals surface area contributed by atoms with Gasteiger partial charge in [0.25, 0.3) is 5.69 Å². The van der Waals surface area contributed by atoms with E-state index in [0.29, 0.717) is 29.4 Å². The first-order valence-electron chi connectivity index (χ1n) is 9.72. The van der Waals surface area contributed by atoms with E-state index in [-0.39, 0.29) is 18.1 Å². The van der Waals surface area contributed by atoms with Crippen LogP contribution in [0.15, 0.2) is 58.0 Å². The number of aromatic carboxylic acids is 1. The minimum atomic E-state index is -1.18. The largest absolute Gasteiger partial charge is 0.490 e. The molecule has 13 heteroatoms. The molecule has 0 saturated carbocycles. The van der Waals surface area contributed by atoms with E-state index in [0.717, 1.165) is 12.1 Å². The standard InChI is InChI=1S/C21H18N4O9/c1-2-32-20-9-13(3-7-18(20)33-12-15-5-8-19(34-15)21(26)27)11-22-23-16-6-4-14(24(28)29)10-17(16)25(30)31/h3-11,23H,2,12H2,1H3,(H,26,27). The van der Waals surface area contributed by atoms with Gasteiger partial charge in [-0.25, -0.2) is 4.79 Å². The molecular weight excluding hydrogens is 452 g/mol. The molecule has 3 aromatic rings. The van der Waals surface area contributed by atoms with E-state index in [1.807, 2.05) is 0 Å². The van der Waals surface area contributed by atoms with Crippen molar-refractivity contribution in [3.05, 3.63) is 85.8 Å². The first-order chi connectivity index (χ1) is 16.3. The number of non-ortho nitro benzene ring substituents is 1. The third-order valence-electron chi connectivity index (χ3n) is 4.30.